The second kappa shape index (κ2) is 5.99. The first-order chi connectivity index (χ1) is 10.1. The van der Waals surface area contributed by atoms with Crippen LogP contribution in [0.5, 0.6) is 0 Å². The molecule has 2 fully saturated rings. The van der Waals surface area contributed by atoms with Gasteiger partial charge in [-0.05, 0) is 66.9 Å². The quantitative estimate of drug-likeness (QED) is 0.535. The van der Waals surface area contributed by atoms with Gasteiger partial charge in [0.1, 0.15) is 0 Å². The lowest BCUT2D eigenvalue weighted by Crippen LogP contribution is -2.34. The largest absolute Gasteiger partial charge is 0.0998 e. The molecule has 2 atom stereocenters. The molecule has 0 aromatic heterocycles. The van der Waals surface area contributed by atoms with Gasteiger partial charge in [-0.15, -0.1) is 0 Å². The summed E-state index contributed by atoms with van der Waals surface area (Å²) < 4.78 is 0. The fourth-order valence-electron chi connectivity index (χ4n) is 4.68. The summed E-state index contributed by atoms with van der Waals surface area (Å²) in [5.41, 5.74) is 5.19. The Labute approximate surface area is 130 Å². The summed E-state index contributed by atoms with van der Waals surface area (Å²) in [6.07, 6.45) is 10.8. The van der Waals surface area contributed by atoms with E-state index in [9.17, 15) is 0 Å². The maximum Gasteiger partial charge on any atom is -0.0122 e. The van der Waals surface area contributed by atoms with Crippen LogP contribution in [0.3, 0.4) is 0 Å². The molecule has 21 heavy (non-hydrogen) atoms. The first-order valence-corrected chi connectivity index (χ1v) is 8.91. The van der Waals surface area contributed by atoms with Crippen molar-refractivity contribution in [2.24, 2.45) is 5.41 Å². The van der Waals surface area contributed by atoms with Crippen molar-refractivity contribution in [1.82, 2.24) is 0 Å². The lowest BCUT2D eigenvalue weighted by molar-refractivity contribution is 0.0856. The molecule has 0 amide bonds. The lowest BCUT2D eigenvalue weighted by atomic mass is 9.58. The molecule has 0 N–H and O–H groups in total. The Kier molecular flexibility index (Phi) is 4.24. The predicted octanol–water partition coefficient (Wildman–Crippen LogP) is 6.58. The van der Waals surface area contributed by atoms with Crippen molar-refractivity contribution in [3.63, 3.8) is 0 Å². The van der Waals surface area contributed by atoms with Gasteiger partial charge in [-0.25, -0.2) is 0 Å². The second-order valence-corrected chi connectivity index (χ2v) is 7.55. The van der Waals surface area contributed by atoms with Crippen LogP contribution in [0.4, 0.5) is 0 Å². The third kappa shape index (κ3) is 2.82. The van der Waals surface area contributed by atoms with Crippen LogP contribution in [0.2, 0.25) is 0 Å². The maximum absolute atomic E-state index is 4.17. The average molecular weight is 282 g/mol. The van der Waals surface area contributed by atoms with E-state index in [1.807, 2.05) is 0 Å². The monoisotopic (exact) mass is 282 g/mol. The summed E-state index contributed by atoms with van der Waals surface area (Å²) in [5.74, 6) is 1.45. The molecule has 114 valence electrons. The van der Waals surface area contributed by atoms with Crippen molar-refractivity contribution in [3.8, 4) is 0 Å². The molecule has 2 saturated carbocycles. The van der Waals surface area contributed by atoms with Crippen molar-refractivity contribution in [2.45, 2.75) is 77.0 Å². The van der Waals surface area contributed by atoms with Gasteiger partial charge >= 0.3 is 0 Å². The van der Waals surface area contributed by atoms with Crippen molar-refractivity contribution in [2.75, 3.05) is 0 Å². The van der Waals surface area contributed by atoms with Gasteiger partial charge < -0.3 is 0 Å². The zero-order valence-electron chi connectivity index (χ0n) is 13.8. The van der Waals surface area contributed by atoms with E-state index in [0.717, 1.165) is 11.8 Å². The van der Waals surface area contributed by atoms with E-state index >= 15 is 0 Å². The zero-order chi connectivity index (χ0) is 14.9. The van der Waals surface area contributed by atoms with Gasteiger partial charge in [0, 0.05) is 0 Å². The van der Waals surface area contributed by atoms with Crippen molar-refractivity contribution < 1.29 is 0 Å². The van der Waals surface area contributed by atoms with E-state index in [-0.39, 0.29) is 0 Å². The smallest absolute Gasteiger partial charge is 0.0122 e. The molecule has 1 aromatic rings. The van der Waals surface area contributed by atoms with Gasteiger partial charge in [-0.3, -0.25) is 0 Å². The number of hydrogen-bond donors (Lipinski definition) is 0. The molecule has 0 aliphatic heterocycles. The van der Waals surface area contributed by atoms with E-state index in [4.69, 9.17) is 0 Å². The van der Waals surface area contributed by atoms with Gasteiger partial charge in [0.2, 0.25) is 0 Å². The Morgan fingerprint density at radius 1 is 1.33 bits per heavy atom. The standard InChI is InChI=1S/C21H30/c1-4-11-21(12-6-13-21)17(3)18-7-5-8-19(15-18)20-10-9-16(2)14-20/h5,7-8,15,17,20H,2,4,6,9-14H2,1,3H3. The van der Waals surface area contributed by atoms with Crippen LogP contribution in [-0.2, 0) is 0 Å². The summed E-state index contributed by atoms with van der Waals surface area (Å²) >= 11 is 0. The summed E-state index contributed by atoms with van der Waals surface area (Å²) in [6, 6.07) is 9.52. The van der Waals surface area contributed by atoms with Gasteiger partial charge in [0.15, 0.2) is 0 Å². The highest BCUT2D eigenvalue weighted by Crippen LogP contribution is 2.54. The third-order valence-corrected chi connectivity index (χ3v) is 6.28. The van der Waals surface area contributed by atoms with Crippen molar-refractivity contribution in [3.05, 3.63) is 47.5 Å². The summed E-state index contributed by atoms with van der Waals surface area (Å²) in [6.45, 7) is 8.99. The Morgan fingerprint density at radius 3 is 2.71 bits per heavy atom. The Bertz CT molecular complexity index is 507. The van der Waals surface area contributed by atoms with Gasteiger partial charge in [0.25, 0.3) is 0 Å². The highest BCUT2D eigenvalue weighted by molar-refractivity contribution is 5.32. The molecule has 0 spiro atoms. The molecule has 0 bridgehead atoms. The molecule has 2 aliphatic carbocycles. The molecular formula is C21H30. The second-order valence-electron chi connectivity index (χ2n) is 7.55. The van der Waals surface area contributed by atoms with Crippen molar-refractivity contribution in [1.29, 1.82) is 0 Å². The number of allylic oxidation sites excluding steroid dienone is 1. The lowest BCUT2D eigenvalue weighted by Gasteiger charge is -2.47. The molecule has 0 heteroatoms. The number of hydrogen-bond acceptors (Lipinski definition) is 0. The van der Waals surface area contributed by atoms with Gasteiger partial charge in [-0.1, -0.05) is 63.1 Å². The molecule has 2 unspecified atom stereocenters. The first-order valence-electron chi connectivity index (χ1n) is 8.91. The first kappa shape index (κ1) is 14.9. The molecule has 0 radical (unpaired) electrons. The zero-order valence-corrected chi connectivity index (χ0v) is 13.8. The Morgan fingerprint density at radius 2 is 2.14 bits per heavy atom. The highest BCUT2D eigenvalue weighted by Gasteiger charge is 2.41. The van der Waals surface area contributed by atoms with E-state index in [0.29, 0.717) is 5.41 Å². The average Bonchev–Trinajstić information content (AvgIpc) is 2.89. The van der Waals surface area contributed by atoms with Crippen LogP contribution in [-0.4, -0.2) is 0 Å². The molecular weight excluding hydrogens is 252 g/mol. The van der Waals surface area contributed by atoms with Crippen LogP contribution in [0, 0.1) is 5.41 Å². The van der Waals surface area contributed by atoms with Gasteiger partial charge in [-0.2, -0.15) is 0 Å². The highest BCUT2D eigenvalue weighted by atomic mass is 14.5. The van der Waals surface area contributed by atoms with E-state index in [1.165, 1.54) is 56.9 Å². The predicted molar refractivity (Wildman–Crippen MR) is 91.8 cm³/mol. The molecule has 0 heterocycles. The fraction of sp³-hybridized carbons (Fsp3) is 0.619. The number of rotatable bonds is 5. The summed E-state index contributed by atoms with van der Waals surface area (Å²) in [7, 11) is 0. The SMILES string of the molecule is C=C1CCC(c2cccc(C(C)C3(CCC)CCC3)c2)C1. The Hall–Kier alpha value is -1.04. The summed E-state index contributed by atoms with van der Waals surface area (Å²) in [4.78, 5) is 0. The van der Waals surface area contributed by atoms with Crippen molar-refractivity contribution >= 4 is 0 Å². The van der Waals surface area contributed by atoms with Crippen LogP contribution in [0.15, 0.2) is 36.4 Å². The minimum atomic E-state index is 0.604. The molecule has 1 aromatic carbocycles. The molecule has 3 rings (SSSR count). The summed E-state index contributed by atoms with van der Waals surface area (Å²) in [5, 5.41) is 0. The van der Waals surface area contributed by atoms with Crippen LogP contribution in [0.1, 0.15) is 88.2 Å². The molecule has 0 saturated heterocycles. The topological polar surface area (TPSA) is 0 Å². The molecule has 0 nitrogen and oxygen atoms in total. The molecule has 2 aliphatic rings. The third-order valence-electron chi connectivity index (χ3n) is 6.28. The van der Waals surface area contributed by atoms with E-state index in [1.54, 1.807) is 11.1 Å². The normalized spacial score (nSPS) is 25.6. The Balaban J connectivity index is 1.80. The van der Waals surface area contributed by atoms with E-state index in [2.05, 4.69) is 44.7 Å². The van der Waals surface area contributed by atoms with E-state index < -0.39 is 0 Å². The minimum Gasteiger partial charge on any atom is -0.0998 e. The fourth-order valence-corrected chi connectivity index (χ4v) is 4.68. The minimum absolute atomic E-state index is 0.604. The van der Waals surface area contributed by atoms with Gasteiger partial charge in [0.05, 0.1) is 0 Å². The maximum atomic E-state index is 4.17. The van der Waals surface area contributed by atoms with Crippen LogP contribution in [0.25, 0.3) is 0 Å². The van der Waals surface area contributed by atoms with Crippen LogP contribution >= 0.6 is 0 Å². The van der Waals surface area contributed by atoms with Crippen LogP contribution < -0.4 is 0 Å². The number of benzene rings is 1.